The second-order valence-corrected chi connectivity index (χ2v) is 4.98. The van der Waals surface area contributed by atoms with Crippen LogP contribution >= 0.6 is 0 Å². The van der Waals surface area contributed by atoms with Gasteiger partial charge in [-0.25, -0.2) is 0 Å². The Morgan fingerprint density at radius 3 is 1.90 bits per heavy atom. The van der Waals surface area contributed by atoms with E-state index in [0.29, 0.717) is 18.6 Å². The topological polar surface area (TPSA) is 35.2 Å². The van der Waals surface area contributed by atoms with Gasteiger partial charge in [0.15, 0.2) is 0 Å². The minimum Gasteiger partial charge on any atom is -0.373 e. The van der Waals surface area contributed by atoms with Crippen LogP contribution < -0.4 is 5.73 Å². The molecule has 0 aliphatic carbocycles. The van der Waals surface area contributed by atoms with E-state index >= 15 is 0 Å². The largest absolute Gasteiger partial charge is 0.416 e. The lowest BCUT2D eigenvalue weighted by molar-refractivity contribution is -0.143. The fourth-order valence-electron chi connectivity index (χ4n) is 2.22. The summed E-state index contributed by atoms with van der Waals surface area (Å²) >= 11 is 0. The molecule has 0 amide bonds. The van der Waals surface area contributed by atoms with Crippen molar-refractivity contribution in [2.24, 2.45) is 5.73 Å². The lowest BCUT2D eigenvalue weighted by atomic mass is 9.95. The van der Waals surface area contributed by atoms with Gasteiger partial charge < -0.3 is 10.5 Å². The molecule has 2 nitrogen and oxygen atoms in total. The number of ether oxygens (including phenoxy) is 1. The first-order valence-corrected chi connectivity index (χ1v) is 6.24. The summed E-state index contributed by atoms with van der Waals surface area (Å²) < 4.78 is 81.7. The standard InChI is InChI=1S/C13H13F6NO/c14-12(15,16)8-3-7(4-9(5-8)13(17,18)19)11-6-10(20)1-2-21-11/h3-5,10-11H,1-2,6,20H2. The third kappa shape index (κ3) is 3.88. The summed E-state index contributed by atoms with van der Waals surface area (Å²) in [7, 11) is 0. The molecule has 1 saturated heterocycles. The Labute approximate surface area is 116 Å². The highest BCUT2D eigenvalue weighted by atomic mass is 19.4. The average molecular weight is 313 g/mol. The fraction of sp³-hybridized carbons (Fsp3) is 0.538. The summed E-state index contributed by atoms with van der Waals surface area (Å²) in [5.74, 6) is 0. The maximum atomic E-state index is 12.7. The van der Waals surface area contributed by atoms with Gasteiger partial charge in [-0.15, -0.1) is 0 Å². The van der Waals surface area contributed by atoms with Crippen LogP contribution in [0.2, 0.25) is 0 Å². The van der Waals surface area contributed by atoms with E-state index < -0.39 is 29.6 Å². The molecule has 0 aromatic heterocycles. The van der Waals surface area contributed by atoms with Gasteiger partial charge >= 0.3 is 12.4 Å². The molecule has 1 aliphatic heterocycles. The number of nitrogens with two attached hydrogens (primary N) is 1. The number of halogens is 6. The predicted molar refractivity (Wildman–Crippen MR) is 62.3 cm³/mol. The molecule has 2 atom stereocenters. The zero-order chi connectivity index (χ0) is 15.8. The molecular weight excluding hydrogens is 300 g/mol. The summed E-state index contributed by atoms with van der Waals surface area (Å²) in [5.41, 5.74) is 2.86. The van der Waals surface area contributed by atoms with E-state index in [1.54, 1.807) is 0 Å². The van der Waals surface area contributed by atoms with E-state index in [1.165, 1.54) is 0 Å². The van der Waals surface area contributed by atoms with E-state index in [-0.39, 0.29) is 30.7 Å². The summed E-state index contributed by atoms with van der Waals surface area (Å²) in [6, 6.07) is 1.19. The van der Waals surface area contributed by atoms with E-state index in [2.05, 4.69) is 0 Å². The summed E-state index contributed by atoms with van der Waals surface area (Å²) in [6.07, 6.45) is -9.84. The van der Waals surface area contributed by atoms with Gasteiger partial charge in [0.2, 0.25) is 0 Å². The van der Waals surface area contributed by atoms with Crippen LogP contribution in [0, 0.1) is 0 Å². The highest BCUT2D eigenvalue weighted by Crippen LogP contribution is 2.39. The summed E-state index contributed by atoms with van der Waals surface area (Å²) in [4.78, 5) is 0. The molecule has 1 heterocycles. The van der Waals surface area contributed by atoms with Crippen molar-refractivity contribution >= 4 is 0 Å². The van der Waals surface area contributed by atoms with E-state index in [9.17, 15) is 26.3 Å². The molecule has 118 valence electrons. The molecule has 21 heavy (non-hydrogen) atoms. The number of rotatable bonds is 1. The molecule has 1 aliphatic rings. The van der Waals surface area contributed by atoms with Gasteiger partial charge in [0, 0.05) is 12.6 Å². The fourth-order valence-corrected chi connectivity index (χ4v) is 2.22. The highest BCUT2D eigenvalue weighted by Gasteiger charge is 2.38. The third-order valence-electron chi connectivity index (χ3n) is 3.31. The Bertz CT molecular complexity index is 478. The van der Waals surface area contributed by atoms with Gasteiger partial charge in [0.1, 0.15) is 0 Å². The van der Waals surface area contributed by atoms with Crippen LogP contribution in [0.25, 0.3) is 0 Å². The smallest absolute Gasteiger partial charge is 0.373 e. The second kappa shape index (κ2) is 5.49. The molecule has 1 aromatic rings. The van der Waals surface area contributed by atoms with Crippen molar-refractivity contribution in [3.63, 3.8) is 0 Å². The van der Waals surface area contributed by atoms with Gasteiger partial charge in [0.25, 0.3) is 0 Å². The number of alkyl halides is 6. The van der Waals surface area contributed by atoms with E-state index in [0.717, 1.165) is 0 Å². The van der Waals surface area contributed by atoms with Crippen molar-refractivity contribution in [1.29, 1.82) is 0 Å². The van der Waals surface area contributed by atoms with Crippen LogP contribution in [0.1, 0.15) is 35.6 Å². The monoisotopic (exact) mass is 313 g/mol. The Morgan fingerprint density at radius 1 is 0.952 bits per heavy atom. The first-order chi connectivity index (χ1) is 9.57. The van der Waals surface area contributed by atoms with Crippen molar-refractivity contribution in [2.45, 2.75) is 37.3 Å². The number of hydrogen-bond donors (Lipinski definition) is 1. The average Bonchev–Trinajstić information content (AvgIpc) is 2.36. The van der Waals surface area contributed by atoms with Crippen LogP contribution in [0.3, 0.4) is 0 Å². The first kappa shape index (κ1) is 16.1. The molecule has 8 heteroatoms. The molecule has 1 fully saturated rings. The van der Waals surface area contributed by atoms with Crippen molar-refractivity contribution in [3.8, 4) is 0 Å². The minimum absolute atomic E-state index is 0.103. The Hall–Kier alpha value is -1.28. The SMILES string of the molecule is NC1CCOC(c2cc(C(F)(F)F)cc(C(F)(F)F)c2)C1. The van der Waals surface area contributed by atoms with Crippen molar-refractivity contribution in [3.05, 3.63) is 34.9 Å². The predicted octanol–water partition coefficient (Wildman–Crippen LogP) is 3.90. The molecule has 2 rings (SSSR count). The minimum atomic E-state index is -4.85. The summed E-state index contributed by atoms with van der Waals surface area (Å²) in [5, 5.41) is 0. The van der Waals surface area contributed by atoms with E-state index in [4.69, 9.17) is 10.5 Å². The van der Waals surface area contributed by atoms with Crippen LogP contribution in [0.5, 0.6) is 0 Å². The van der Waals surface area contributed by atoms with Gasteiger partial charge in [-0.1, -0.05) is 0 Å². The summed E-state index contributed by atoms with van der Waals surface area (Å²) in [6.45, 7) is 0.212. The van der Waals surface area contributed by atoms with Crippen LogP contribution in [-0.2, 0) is 17.1 Å². The molecule has 0 bridgehead atoms. The molecular formula is C13H13F6NO. The van der Waals surface area contributed by atoms with Gasteiger partial charge in [-0.2, -0.15) is 26.3 Å². The quantitative estimate of drug-likeness (QED) is 0.798. The van der Waals surface area contributed by atoms with Crippen molar-refractivity contribution in [1.82, 2.24) is 0 Å². The second-order valence-electron chi connectivity index (χ2n) is 4.98. The number of benzene rings is 1. The van der Waals surface area contributed by atoms with Gasteiger partial charge in [0.05, 0.1) is 17.2 Å². The zero-order valence-electron chi connectivity index (χ0n) is 10.8. The molecule has 2 unspecified atom stereocenters. The normalized spacial score (nSPS) is 24.1. The zero-order valence-corrected chi connectivity index (χ0v) is 10.8. The first-order valence-electron chi connectivity index (χ1n) is 6.24. The third-order valence-corrected chi connectivity index (χ3v) is 3.31. The Kier molecular flexibility index (Phi) is 4.21. The van der Waals surface area contributed by atoms with Gasteiger partial charge in [-0.3, -0.25) is 0 Å². The maximum absolute atomic E-state index is 12.7. The van der Waals surface area contributed by atoms with Crippen LogP contribution in [0.4, 0.5) is 26.3 Å². The van der Waals surface area contributed by atoms with Crippen molar-refractivity contribution < 1.29 is 31.1 Å². The maximum Gasteiger partial charge on any atom is 0.416 e. The number of hydrogen-bond acceptors (Lipinski definition) is 2. The van der Waals surface area contributed by atoms with Crippen LogP contribution in [0.15, 0.2) is 18.2 Å². The lowest BCUT2D eigenvalue weighted by Gasteiger charge is -2.28. The highest BCUT2D eigenvalue weighted by molar-refractivity contribution is 5.35. The molecule has 1 aromatic carbocycles. The van der Waals surface area contributed by atoms with Gasteiger partial charge in [-0.05, 0) is 36.6 Å². The lowest BCUT2D eigenvalue weighted by Crippen LogP contribution is -2.30. The molecule has 0 radical (unpaired) electrons. The van der Waals surface area contributed by atoms with Crippen molar-refractivity contribution in [2.75, 3.05) is 6.61 Å². The molecule has 2 N–H and O–H groups in total. The molecule has 0 spiro atoms. The Morgan fingerprint density at radius 2 is 1.48 bits per heavy atom. The van der Waals surface area contributed by atoms with E-state index in [1.807, 2.05) is 0 Å². The van der Waals surface area contributed by atoms with Crippen LogP contribution in [-0.4, -0.2) is 12.6 Å². The Balaban J connectivity index is 2.45. The molecule has 0 saturated carbocycles.